The lowest BCUT2D eigenvalue weighted by atomic mass is 9.99. The Morgan fingerprint density at radius 3 is 1.49 bits per heavy atom. The van der Waals surface area contributed by atoms with Gasteiger partial charge in [-0.1, -0.05) is 186 Å². The van der Waals surface area contributed by atoms with Gasteiger partial charge in [-0.2, -0.15) is 8.42 Å². The first kappa shape index (κ1) is 59.6. The molecule has 0 aromatic heterocycles. The predicted molar refractivity (Wildman–Crippen MR) is 253 cm³/mol. The summed E-state index contributed by atoms with van der Waals surface area (Å²) in [6.07, 6.45) is 39.4. The Morgan fingerprint density at radius 1 is 0.587 bits per heavy atom. The molecule has 0 saturated carbocycles. The first-order valence-corrected chi connectivity index (χ1v) is 27.0. The van der Waals surface area contributed by atoms with E-state index in [4.69, 9.17) is 23.5 Å². The van der Waals surface area contributed by atoms with Gasteiger partial charge in [-0.05, 0) is 57.8 Å². The summed E-state index contributed by atoms with van der Waals surface area (Å²) in [5, 5.41) is 30.7. The molecule has 1 saturated heterocycles. The fourth-order valence-electron chi connectivity index (χ4n) is 7.91. The lowest BCUT2D eigenvalue weighted by Gasteiger charge is -2.41. The predicted octanol–water partition coefficient (Wildman–Crippen LogP) is 11.6. The molecule has 0 radical (unpaired) electrons. The number of aliphatic hydroxyl groups excluding tert-OH is 3. The van der Waals surface area contributed by atoms with Crippen molar-refractivity contribution in [2.75, 3.05) is 26.4 Å². The number of esters is 1. The van der Waals surface area contributed by atoms with E-state index in [2.05, 4.69) is 42.3 Å². The molecule has 63 heavy (non-hydrogen) atoms. The first-order chi connectivity index (χ1) is 30.6. The highest BCUT2D eigenvalue weighted by atomic mass is 32.3. The molecule has 6 atom stereocenters. The van der Waals surface area contributed by atoms with Gasteiger partial charge >= 0.3 is 16.4 Å². The number of hydrogen-bond donors (Lipinski definition) is 4. The van der Waals surface area contributed by atoms with E-state index in [-0.39, 0.29) is 19.6 Å². The van der Waals surface area contributed by atoms with E-state index in [0.29, 0.717) is 13.0 Å². The van der Waals surface area contributed by atoms with Gasteiger partial charge in [0.15, 0.2) is 6.29 Å². The van der Waals surface area contributed by atoms with Crippen molar-refractivity contribution in [2.45, 2.75) is 263 Å². The van der Waals surface area contributed by atoms with Crippen LogP contribution in [-0.4, -0.2) is 97.5 Å². The Bertz CT molecular complexity index is 1200. The van der Waals surface area contributed by atoms with Crippen LogP contribution >= 0.6 is 0 Å². The van der Waals surface area contributed by atoms with Gasteiger partial charge in [-0.15, -0.1) is 0 Å². The fraction of sp³-hybridized carbons (Fsp3) is 0.900. The maximum atomic E-state index is 12.9. The van der Waals surface area contributed by atoms with Crippen molar-refractivity contribution >= 4 is 16.4 Å². The third kappa shape index (κ3) is 35.4. The number of hydrogen-bond acceptors (Lipinski definition) is 11. The minimum absolute atomic E-state index is 0.0344. The van der Waals surface area contributed by atoms with Gasteiger partial charge in [-0.25, -0.2) is 4.18 Å². The van der Waals surface area contributed by atoms with Crippen molar-refractivity contribution < 1.29 is 56.2 Å². The molecular weight excluding hydrogens is 825 g/mol. The SMILES string of the molecule is CCC/C=C\CCCCCCCCOCC(COC1OC(CO)C(O)C(OS(=O)(=O)O)C1O)OC(=O)CCCCCCCCCCCCCCC/C=C\CCCCCCCCCC. The van der Waals surface area contributed by atoms with Gasteiger partial charge in [-0.3, -0.25) is 9.35 Å². The van der Waals surface area contributed by atoms with Gasteiger partial charge in [0, 0.05) is 13.0 Å². The molecule has 13 heteroatoms. The van der Waals surface area contributed by atoms with Crippen LogP contribution < -0.4 is 0 Å². The summed E-state index contributed by atoms with van der Waals surface area (Å²) in [7, 11) is -5.06. The summed E-state index contributed by atoms with van der Waals surface area (Å²) in [5.74, 6) is -0.399. The van der Waals surface area contributed by atoms with Crippen LogP contribution in [0.2, 0.25) is 0 Å². The van der Waals surface area contributed by atoms with Crippen molar-refractivity contribution in [1.29, 1.82) is 0 Å². The standard InChI is InChI=1S/C50H94O12S/c1-3-5-7-9-11-13-15-16-17-18-19-20-21-22-23-24-25-26-27-28-29-31-33-35-37-39-46(52)60-44(42-58-40-38-36-34-32-30-14-12-10-8-6-4-2)43-59-50-48(54)49(62-63(55,56)57)47(53)45(41-51)61-50/h8,10,18-19,44-45,47-51,53-54H,3-7,9,11-17,20-43H2,1-2H3,(H,55,56,57)/b10-8-,19-18-. The van der Waals surface area contributed by atoms with Crippen molar-refractivity contribution in [3.63, 3.8) is 0 Å². The molecule has 0 aliphatic carbocycles. The molecule has 0 aromatic carbocycles. The minimum Gasteiger partial charge on any atom is -0.457 e. The van der Waals surface area contributed by atoms with Gasteiger partial charge in [0.25, 0.3) is 0 Å². The molecule has 12 nitrogen and oxygen atoms in total. The molecule has 1 heterocycles. The van der Waals surface area contributed by atoms with Crippen molar-refractivity contribution in [3.8, 4) is 0 Å². The Hall–Kier alpha value is -1.42. The monoisotopic (exact) mass is 919 g/mol. The molecule has 6 unspecified atom stereocenters. The maximum Gasteiger partial charge on any atom is 0.397 e. The topological polar surface area (TPSA) is 178 Å². The number of rotatable bonds is 45. The van der Waals surface area contributed by atoms with E-state index in [1.54, 1.807) is 0 Å². The second-order valence-electron chi connectivity index (χ2n) is 17.8. The maximum absolute atomic E-state index is 12.9. The average molecular weight is 919 g/mol. The summed E-state index contributed by atoms with van der Waals surface area (Å²) in [6.45, 7) is 3.94. The fourth-order valence-corrected chi connectivity index (χ4v) is 8.41. The van der Waals surface area contributed by atoms with E-state index in [1.807, 2.05) is 0 Å². The number of ether oxygens (including phenoxy) is 4. The van der Waals surface area contributed by atoms with Gasteiger partial charge in [0.1, 0.15) is 30.5 Å². The Labute approximate surface area is 384 Å². The summed E-state index contributed by atoms with van der Waals surface area (Å²) >= 11 is 0. The van der Waals surface area contributed by atoms with Crippen LogP contribution in [0.3, 0.4) is 0 Å². The largest absolute Gasteiger partial charge is 0.457 e. The van der Waals surface area contributed by atoms with Gasteiger partial charge in [0.05, 0.1) is 19.8 Å². The first-order valence-electron chi connectivity index (χ1n) is 25.6. The van der Waals surface area contributed by atoms with Crippen LogP contribution in [0.1, 0.15) is 226 Å². The molecule has 1 aliphatic heterocycles. The molecule has 1 fully saturated rings. The zero-order valence-corrected chi connectivity index (χ0v) is 40.7. The summed E-state index contributed by atoms with van der Waals surface area (Å²) in [4.78, 5) is 12.9. The second kappa shape index (κ2) is 42.0. The highest BCUT2D eigenvalue weighted by molar-refractivity contribution is 7.80. The summed E-state index contributed by atoms with van der Waals surface area (Å²) in [6, 6.07) is 0. The van der Waals surface area contributed by atoms with Crippen LogP contribution in [0.25, 0.3) is 0 Å². The molecular formula is C50H94O12S. The second-order valence-corrected chi connectivity index (χ2v) is 18.8. The molecule has 0 spiro atoms. The van der Waals surface area contributed by atoms with Crippen LogP contribution in [0.15, 0.2) is 24.3 Å². The molecule has 0 bridgehead atoms. The van der Waals surface area contributed by atoms with E-state index in [1.165, 1.54) is 148 Å². The Balaban J connectivity index is 2.28. The lowest BCUT2D eigenvalue weighted by Crippen LogP contribution is -2.60. The van der Waals surface area contributed by atoms with Crippen LogP contribution in [0, 0.1) is 0 Å². The zero-order valence-electron chi connectivity index (χ0n) is 39.9. The van der Waals surface area contributed by atoms with Crippen LogP contribution in [0.4, 0.5) is 0 Å². The normalized spacial score (nSPS) is 20.0. The lowest BCUT2D eigenvalue weighted by molar-refractivity contribution is -0.301. The van der Waals surface area contributed by atoms with Crippen molar-refractivity contribution in [2.24, 2.45) is 0 Å². The minimum atomic E-state index is -5.06. The van der Waals surface area contributed by atoms with E-state index in [0.717, 1.165) is 51.4 Å². The average Bonchev–Trinajstić information content (AvgIpc) is 3.26. The zero-order chi connectivity index (χ0) is 46.1. The smallest absolute Gasteiger partial charge is 0.397 e. The number of allylic oxidation sites excluding steroid dienone is 4. The van der Waals surface area contributed by atoms with E-state index >= 15 is 0 Å². The molecule has 4 N–H and O–H groups in total. The number of aliphatic hydroxyl groups is 3. The quantitative estimate of drug-likeness (QED) is 0.0197. The van der Waals surface area contributed by atoms with Gasteiger partial charge < -0.3 is 34.3 Å². The highest BCUT2D eigenvalue weighted by Crippen LogP contribution is 2.26. The molecule has 1 aliphatic rings. The van der Waals surface area contributed by atoms with Gasteiger partial charge in [0.2, 0.25) is 0 Å². The summed E-state index contributed by atoms with van der Waals surface area (Å²) in [5.41, 5.74) is 0. The number of carbonyl (C=O) groups excluding carboxylic acids is 1. The van der Waals surface area contributed by atoms with E-state index in [9.17, 15) is 28.5 Å². The molecule has 1 rings (SSSR count). The summed E-state index contributed by atoms with van der Waals surface area (Å²) < 4.78 is 59.1. The number of unbranched alkanes of at least 4 members (excludes halogenated alkanes) is 28. The number of carbonyl (C=O) groups is 1. The molecule has 0 amide bonds. The van der Waals surface area contributed by atoms with Crippen molar-refractivity contribution in [3.05, 3.63) is 24.3 Å². The highest BCUT2D eigenvalue weighted by Gasteiger charge is 2.48. The van der Waals surface area contributed by atoms with Crippen molar-refractivity contribution in [1.82, 2.24) is 0 Å². The molecule has 372 valence electrons. The Morgan fingerprint density at radius 2 is 1.03 bits per heavy atom. The van der Waals surface area contributed by atoms with Crippen LogP contribution in [-0.2, 0) is 38.3 Å². The van der Waals surface area contributed by atoms with E-state index < -0.39 is 59.8 Å². The Kier molecular flexibility index (Phi) is 39.7. The van der Waals surface area contributed by atoms with Crippen LogP contribution in [0.5, 0.6) is 0 Å². The molecule has 0 aromatic rings. The third-order valence-electron chi connectivity index (χ3n) is 11.8. The third-order valence-corrected chi connectivity index (χ3v) is 12.2.